The second kappa shape index (κ2) is 9.94. The predicted octanol–water partition coefficient (Wildman–Crippen LogP) is 3.15. The van der Waals surface area contributed by atoms with Gasteiger partial charge in [0.05, 0.1) is 7.11 Å². The van der Waals surface area contributed by atoms with E-state index in [1.54, 1.807) is 7.11 Å². The molecule has 1 aromatic carbocycles. The summed E-state index contributed by atoms with van der Waals surface area (Å²) in [7, 11) is 3.52. The molecule has 2 aliphatic rings. The molecule has 0 spiro atoms. The molecule has 2 aliphatic heterocycles. The van der Waals surface area contributed by atoms with Gasteiger partial charge in [-0.25, -0.2) is 4.98 Å². The molecule has 2 atom stereocenters. The summed E-state index contributed by atoms with van der Waals surface area (Å²) < 4.78 is 5.14. The highest BCUT2D eigenvalue weighted by molar-refractivity contribution is 5.80. The zero-order chi connectivity index (χ0) is 20.8. The molecule has 3 heterocycles. The highest BCUT2D eigenvalue weighted by Gasteiger charge is 2.36. The number of hydrogen-bond donors (Lipinski definition) is 1. The van der Waals surface area contributed by atoms with Gasteiger partial charge in [-0.2, -0.15) is 0 Å². The van der Waals surface area contributed by atoms with Crippen LogP contribution in [0.3, 0.4) is 0 Å². The van der Waals surface area contributed by atoms with Crippen LogP contribution in [0.1, 0.15) is 30.4 Å². The Morgan fingerprint density at radius 1 is 1.13 bits per heavy atom. The van der Waals surface area contributed by atoms with Crippen molar-refractivity contribution in [1.29, 1.82) is 0 Å². The number of guanidine groups is 1. The highest BCUT2D eigenvalue weighted by Crippen LogP contribution is 2.31. The first-order chi connectivity index (χ1) is 14.8. The van der Waals surface area contributed by atoms with Gasteiger partial charge in [0.25, 0.3) is 0 Å². The average Bonchev–Trinajstić information content (AvgIpc) is 2.80. The standard InChI is InChI=1S/C24H33N5O/c1-25-24(27-16-20-10-11-23(30-2)26-15-20)29-14-12-22-21(18-29)9-6-13-28(22)17-19-7-4-3-5-8-19/h3-5,7-8,10-11,15,21-22H,6,9,12-14,16-18H2,1-2H3,(H,25,27). The number of hydrogen-bond acceptors (Lipinski definition) is 4. The molecule has 30 heavy (non-hydrogen) atoms. The summed E-state index contributed by atoms with van der Waals surface area (Å²) in [4.78, 5) is 14.0. The molecule has 1 aromatic heterocycles. The quantitative estimate of drug-likeness (QED) is 0.610. The van der Waals surface area contributed by atoms with E-state index in [2.05, 4.69) is 55.4 Å². The van der Waals surface area contributed by atoms with E-state index < -0.39 is 0 Å². The van der Waals surface area contributed by atoms with E-state index in [4.69, 9.17) is 4.74 Å². The van der Waals surface area contributed by atoms with Gasteiger partial charge >= 0.3 is 0 Å². The van der Waals surface area contributed by atoms with Gasteiger partial charge in [0.15, 0.2) is 5.96 Å². The molecule has 2 unspecified atom stereocenters. The number of methoxy groups -OCH3 is 1. The average molecular weight is 408 g/mol. The minimum atomic E-state index is 0.641. The highest BCUT2D eigenvalue weighted by atomic mass is 16.5. The normalized spacial score (nSPS) is 22.5. The van der Waals surface area contributed by atoms with Gasteiger partial charge in [0, 0.05) is 51.5 Å². The van der Waals surface area contributed by atoms with Crippen molar-refractivity contribution >= 4 is 5.96 Å². The molecular formula is C24H33N5O. The molecule has 160 valence electrons. The van der Waals surface area contributed by atoms with E-state index in [-0.39, 0.29) is 0 Å². The van der Waals surface area contributed by atoms with Crippen LogP contribution in [0, 0.1) is 5.92 Å². The SMILES string of the molecule is CN=C(NCc1ccc(OC)nc1)N1CCC2C(CCCN2Cc2ccccc2)C1. The minimum absolute atomic E-state index is 0.641. The van der Waals surface area contributed by atoms with Crippen molar-refractivity contribution in [2.24, 2.45) is 10.9 Å². The van der Waals surface area contributed by atoms with Gasteiger partial charge in [-0.3, -0.25) is 9.89 Å². The van der Waals surface area contributed by atoms with E-state index in [1.807, 2.05) is 25.4 Å². The first-order valence-electron chi connectivity index (χ1n) is 11.0. The maximum Gasteiger partial charge on any atom is 0.212 e. The topological polar surface area (TPSA) is 53.0 Å². The van der Waals surface area contributed by atoms with Crippen LogP contribution in [0.25, 0.3) is 0 Å². The third-order valence-electron chi connectivity index (χ3n) is 6.38. The Labute approximate surface area is 180 Å². The summed E-state index contributed by atoms with van der Waals surface area (Å²) in [5.74, 6) is 2.34. The summed E-state index contributed by atoms with van der Waals surface area (Å²) in [6, 6.07) is 15.5. The molecule has 2 saturated heterocycles. The summed E-state index contributed by atoms with van der Waals surface area (Å²) in [5.41, 5.74) is 2.55. The van der Waals surface area contributed by atoms with E-state index in [9.17, 15) is 0 Å². The summed E-state index contributed by atoms with van der Waals surface area (Å²) in [5, 5.41) is 3.52. The lowest BCUT2D eigenvalue weighted by molar-refractivity contribution is 0.0372. The van der Waals surface area contributed by atoms with Crippen molar-refractivity contribution in [3.63, 3.8) is 0 Å². The lowest BCUT2D eigenvalue weighted by Crippen LogP contribution is -2.56. The number of aromatic nitrogens is 1. The Morgan fingerprint density at radius 3 is 2.73 bits per heavy atom. The monoisotopic (exact) mass is 407 g/mol. The van der Waals surface area contributed by atoms with E-state index >= 15 is 0 Å². The number of aliphatic imine (C=N–C) groups is 1. The fraction of sp³-hybridized carbons (Fsp3) is 0.500. The molecule has 4 rings (SSSR count). The fourth-order valence-electron chi connectivity index (χ4n) is 4.86. The molecule has 2 aromatic rings. The van der Waals surface area contributed by atoms with Crippen LogP contribution >= 0.6 is 0 Å². The number of benzene rings is 1. The molecular weight excluding hydrogens is 374 g/mol. The zero-order valence-electron chi connectivity index (χ0n) is 18.1. The second-order valence-electron chi connectivity index (χ2n) is 8.27. The van der Waals surface area contributed by atoms with Crippen molar-refractivity contribution in [1.82, 2.24) is 20.1 Å². The Hall–Kier alpha value is -2.60. The van der Waals surface area contributed by atoms with Gasteiger partial charge in [0.2, 0.25) is 5.88 Å². The molecule has 0 aliphatic carbocycles. The number of piperidine rings is 2. The van der Waals surface area contributed by atoms with Crippen LogP contribution in [0.4, 0.5) is 0 Å². The molecule has 0 saturated carbocycles. The lowest BCUT2D eigenvalue weighted by Gasteiger charge is -2.48. The number of rotatable bonds is 5. The maximum absolute atomic E-state index is 5.14. The Morgan fingerprint density at radius 2 is 2.00 bits per heavy atom. The van der Waals surface area contributed by atoms with Crippen LogP contribution < -0.4 is 10.1 Å². The third-order valence-corrected chi connectivity index (χ3v) is 6.38. The fourth-order valence-corrected chi connectivity index (χ4v) is 4.86. The van der Waals surface area contributed by atoms with Crippen molar-refractivity contribution in [2.75, 3.05) is 33.8 Å². The van der Waals surface area contributed by atoms with Crippen LogP contribution in [-0.2, 0) is 13.1 Å². The molecule has 1 N–H and O–H groups in total. The van der Waals surface area contributed by atoms with Crippen molar-refractivity contribution in [2.45, 2.75) is 38.4 Å². The Bertz CT molecular complexity index is 823. The van der Waals surface area contributed by atoms with E-state index in [0.717, 1.165) is 31.2 Å². The third kappa shape index (κ3) is 4.93. The Kier molecular flexibility index (Phi) is 6.84. The van der Waals surface area contributed by atoms with Gasteiger partial charge < -0.3 is 15.0 Å². The smallest absolute Gasteiger partial charge is 0.212 e. The largest absolute Gasteiger partial charge is 0.481 e. The summed E-state index contributed by atoms with van der Waals surface area (Å²) in [6.45, 7) is 5.13. The maximum atomic E-state index is 5.14. The van der Waals surface area contributed by atoms with E-state index in [0.29, 0.717) is 24.4 Å². The molecule has 2 fully saturated rings. The first-order valence-corrected chi connectivity index (χ1v) is 11.0. The van der Waals surface area contributed by atoms with Crippen molar-refractivity contribution in [3.8, 4) is 5.88 Å². The van der Waals surface area contributed by atoms with Gasteiger partial charge in [-0.15, -0.1) is 0 Å². The number of fused-ring (bicyclic) bond motifs is 1. The first kappa shape index (κ1) is 20.7. The number of pyridine rings is 1. The Balaban J connectivity index is 1.34. The number of likely N-dealkylation sites (tertiary alicyclic amines) is 2. The molecule has 0 bridgehead atoms. The van der Waals surface area contributed by atoms with Crippen LogP contribution in [-0.4, -0.2) is 60.6 Å². The van der Waals surface area contributed by atoms with Crippen molar-refractivity contribution in [3.05, 3.63) is 59.8 Å². The molecule has 6 nitrogen and oxygen atoms in total. The second-order valence-corrected chi connectivity index (χ2v) is 8.27. The lowest BCUT2D eigenvalue weighted by atomic mass is 9.83. The van der Waals surface area contributed by atoms with Gasteiger partial charge in [-0.05, 0) is 42.9 Å². The van der Waals surface area contributed by atoms with Crippen molar-refractivity contribution < 1.29 is 4.74 Å². The minimum Gasteiger partial charge on any atom is -0.481 e. The van der Waals surface area contributed by atoms with Crippen LogP contribution in [0.15, 0.2) is 53.7 Å². The van der Waals surface area contributed by atoms with Gasteiger partial charge in [0.1, 0.15) is 0 Å². The van der Waals surface area contributed by atoms with Gasteiger partial charge in [-0.1, -0.05) is 36.4 Å². The number of nitrogens with one attached hydrogen (secondary N) is 1. The summed E-state index contributed by atoms with van der Waals surface area (Å²) >= 11 is 0. The molecule has 0 amide bonds. The van der Waals surface area contributed by atoms with Crippen LogP contribution in [0.2, 0.25) is 0 Å². The number of nitrogens with zero attached hydrogens (tertiary/aromatic N) is 4. The predicted molar refractivity (Wildman–Crippen MR) is 121 cm³/mol. The zero-order valence-corrected chi connectivity index (χ0v) is 18.1. The van der Waals surface area contributed by atoms with E-state index in [1.165, 1.54) is 31.4 Å². The molecule has 6 heteroatoms. The summed E-state index contributed by atoms with van der Waals surface area (Å²) in [6.07, 6.45) is 5.65. The molecule has 0 radical (unpaired) electrons. The number of ether oxygens (including phenoxy) is 1. The van der Waals surface area contributed by atoms with Crippen LogP contribution in [0.5, 0.6) is 5.88 Å².